The highest BCUT2D eigenvalue weighted by Crippen LogP contribution is 2.30. The highest BCUT2D eigenvalue weighted by atomic mass is 19.4. The Hall–Kier alpha value is -1.56. The van der Waals surface area contributed by atoms with Gasteiger partial charge in [-0.3, -0.25) is 10.1 Å². The molecule has 0 aliphatic rings. The Morgan fingerprint density at radius 2 is 1.85 bits per heavy atom. The van der Waals surface area contributed by atoms with Crippen LogP contribution in [0.15, 0.2) is 24.3 Å². The van der Waals surface area contributed by atoms with Crippen LogP contribution in [0.2, 0.25) is 0 Å². The van der Waals surface area contributed by atoms with E-state index in [1.165, 1.54) is 6.07 Å². The van der Waals surface area contributed by atoms with Crippen molar-refractivity contribution in [2.45, 2.75) is 39.0 Å². The van der Waals surface area contributed by atoms with Crippen molar-refractivity contribution in [3.63, 3.8) is 0 Å². The Morgan fingerprint density at radius 1 is 1.25 bits per heavy atom. The molecule has 0 radical (unpaired) electrons. The average Bonchev–Trinajstić information content (AvgIpc) is 2.34. The molecular formula is C14H18F3NO2. The molecule has 1 aromatic carbocycles. The topological polar surface area (TPSA) is 49.3 Å². The predicted molar refractivity (Wildman–Crippen MR) is 69.3 cm³/mol. The third-order valence-electron chi connectivity index (χ3n) is 3.08. The standard InChI is InChI=1S/C14H18F3NO2/c1-8(2)12(13(19)20)18-9(3)10-5-4-6-11(7-10)14(15,16)17/h4-9,12,18H,1-3H3,(H,19,20). The Morgan fingerprint density at radius 3 is 2.30 bits per heavy atom. The van der Waals surface area contributed by atoms with E-state index in [2.05, 4.69) is 5.32 Å². The van der Waals surface area contributed by atoms with Gasteiger partial charge in [-0.2, -0.15) is 13.2 Å². The zero-order valence-electron chi connectivity index (χ0n) is 11.5. The molecule has 112 valence electrons. The summed E-state index contributed by atoms with van der Waals surface area (Å²) in [4.78, 5) is 11.1. The van der Waals surface area contributed by atoms with Gasteiger partial charge in [-0.15, -0.1) is 0 Å². The average molecular weight is 289 g/mol. The zero-order valence-corrected chi connectivity index (χ0v) is 11.5. The molecule has 0 saturated heterocycles. The van der Waals surface area contributed by atoms with Crippen LogP contribution in [0.5, 0.6) is 0 Å². The minimum Gasteiger partial charge on any atom is -0.480 e. The smallest absolute Gasteiger partial charge is 0.416 e. The SMILES string of the molecule is CC(NC(C(=O)O)C(C)C)c1cccc(C(F)(F)F)c1. The molecule has 2 unspecified atom stereocenters. The van der Waals surface area contributed by atoms with Crippen LogP contribution in [0, 0.1) is 5.92 Å². The molecule has 0 saturated carbocycles. The number of rotatable bonds is 5. The first-order valence-electron chi connectivity index (χ1n) is 6.29. The van der Waals surface area contributed by atoms with E-state index in [0.717, 1.165) is 12.1 Å². The van der Waals surface area contributed by atoms with Gasteiger partial charge < -0.3 is 5.11 Å². The fraction of sp³-hybridized carbons (Fsp3) is 0.500. The van der Waals surface area contributed by atoms with Crippen LogP contribution >= 0.6 is 0 Å². The van der Waals surface area contributed by atoms with Gasteiger partial charge in [0.05, 0.1) is 5.56 Å². The molecule has 3 nitrogen and oxygen atoms in total. The molecule has 0 amide bonds. The molecule has 2 N–H and O–H groups in total. The van der Waals surface area contributed by atoms with Crippen molar-refractivity contribution in [3.8, 4) is 0 Å². The summed E-state index contributed by atoms with van der Waals surface area (Å²) >= 11 is 0. The maximum absolute atomic E-state index is 12.6. The number of nitrogens with one attached hydrogen (secondary N) is 1. The van der Waals surface area contributed by atoms with Crippen LogP contribution < -0.4 is 5.32 Å². The number of hydrogen-bond donors (Lipinski definition) is 2. The second kappa shape index (κ2) is 6.26. The summed E-state index contributed by atoms with van der Waals surface area (Å²) in [5.41, 5.74) is -0.327. The van der Waals surface area contributed by atoms with Crippen LogP contribution in [0.1, 0.15) is 37.9 Å². The van der Waals surface area contributed by atoms with Crippen molar-refractivity contribution in [3.05, 3.63) is 35.4 Å². The second-order valence-electron chi connectivity index (χ2n) is 5.07. The van der Waals surface area contributed by atoms with E-state index in [1.54, 1.807) is 26.8 Å². The number of carboxylic acid groups (broad SMARTS) is 1. The third kappa shape index (κ3) is 4.23. The van der Waals surface area contributed by atoms with E-state index in [1.807, 2.05) is 0 Å². The Labute approximate surface area is 115 Å². The third-order valence-corrected chi connectivity index (χ3v) is 3.08. The number of carboxylic acids is 1. The number of benzene rings is 1. The van der Waals surface area contributed by atoms with Gasteiger partial charge in [-0.05, 0) is 30.5 Å². The van der Waals surface area contributed by atoms with E-state index in [4.69, 9.17) is 5.11 Å². The quantitative estimate of drug-likeness (QED) is 0.872. The van der Waals surface area contributed by atoms with E-state index in [9.17, 15) is 18.0 Å². The lowest BCUT2D eigenvalue weighted by atomic mass is 10.00. The molecule has 0 heterocycles. The van der Waals surface area contributed by atoms with Crippen LogP contribution in [-0.4, -0.2) is 17.1 Å². The fourth-order valence-electron chi connectivity index (χ4n) is 1.90. The second-order valence-corrected chi connectivity index (χ2v) is 5.07. The van der Waals surface area contributed by atoms with E-state index >= 15 is 0 Å². The monoisotopic (exact) mass is 289 g/mol. The summed E-state index contributed by atoms with van der Waals surface area (Å²) in [5.74, 6) is -1.18. The first kappa shape index (κ1) is 16.5. The van der Waals surface area contributed by atoms with E-state index in [-0.39, 0.29) is 5.92 Å². The highest BCUT2D eigenvalue weighted by molar-refractivity contribution is 5.73. The molecule has 0 aliphatic carbocycles. The van der Waals surface area contributed by atoms with Crippen LogP contribution in [0.4, 0.5) is 13.2 Å². The molecule has 20 heavy (non-hydrogen) atoms. The van der Waals surface area contributed by atoms with Crippen molar-refractivity contribution < 1.29 is 23.1 Å². The summed E-state index contributed by atoms with van der Waals surface area (Å²) in [7, 11) is 0. The Balaban J connectivity index is 2.92. The van der Waals surface area contributed by atoms with Crippen molar-refractivity contribution in [2.75, 3.05) is 0 Å². The molecule has 2 atom stereocenters. The normalized spacial score (nSPS) is 15.2. The first-order valence-corrected chi connectivity index (χ1v) is 6.29. The summed E-state index contributed by atoms with van der Waals surface area (Å²) in [6, 6.07) is 3.61. The number of halogens is 3. The highest BCUT2D eigenvalue weighted by Gasteiger charge is 2.31. The van der Waals surface area contributed by atoms with Gasteiger partial charge in [0.25, 0.3) is 0 Å². The Kier molecular flexibility index (Phi) is 5.16. The zero-order chi connectivity index (χ0) is 15.5. The van der Waals surface area contributed by atoms with Crippen LogP contribution in [-0.2, 0) is 11.0 Å². The molecule has 0 spiro atoms. The lowest BCUT2D eigenvalue weighted by molar-refractivity contribution is -0.141. The lowest BCUT2D eigenvalue weighted by Crippen LogP contribution is -2.42. The minimum atomic E-state index is -4.40. The molecule has 1 aromatic rings. The fourth-order valence-corrected chi connectivity index (χ4v) is 1.90. The predicted octanol–water partition coefficient (Wildman–Crippen LogP) is 3.47. The van der Waals surface area contributed by atoms with Crippen molar-refractivity contribution in [1.29, 1.82) is 0 Å². The van der Waals surface area contributed by atoms with E-state index < -0.39 is 29.8 Å². The van der Waals surface area contributed by atoms with Crippen LogP contribution in [0.3, 0.4) is 0 Å². The molecule has 1 rings (SSSR count). The van der Waals surface area contributed by atoms with E-state index in [0.29, 0.717) is 5.56 Å². The molecule has 0 bridgehead atoms. The summed E-state index contributed by atoms with van der Waals surface area (Å²) < 4.78 is 37.9. The van der Waals surface area contributed by atoms with Crippen molar-refractivity contribution >= 4 is 5.97 Å². The minimum absolute atomic E-state index is 0.166. The number of alkyl halides is 3. The summed E-state index contributed by atoms with van der Waals surface area (Å²) in [5, 5.41) is 11.9. The first-order chi connectivity index (χ1) is 9.12. The molecule has 0 aliphatic heterocycles. The number of aliphatic carboxylic acids is 1. The van der Waals surface area contributed by atoms with Gasteiger partial charge in [0, 0.05) is 6.04 Å². The van der Waals surface area contributed by atoms with Gasteiger partial charge in [-0.25, -0.2) is 0 Å². The van der Waals surface area contributed by atoms with Crippen LogP contribution in [0.25, 0.3) is 0 Å². The lowest BCUT2D eigenvalue weighted by Gasteiger charge is -2.23. The largest absolute Gasteiger partial charge is 0.480 e. The van der Waals surface area contributed by atoms with Gasteiger partial charge in [0.2, 0.25) is 0 Å². The van der Waals surface area contributed by atoms with Crippen molar-refractivity contribution in [2.24, 2.45) is 5.92 Å². The maximum Gasteiger partial charge on any atom is 0.416 e. The molecule has 6 heteroatoms. The van der Waals surface area contributed by atoms with Gasteiger partial charge >= 0.3 is 12.1 Å². The Bertz CT molecular complexity index is 472. The molecule has 0 fully saturated rings. The van der Waals surface area contributed by atoms with Crippen molar-refractivity contribution in [1.82, 2.24) is 5.32 Å². The van der Waals surface area contributed by atoms with Gasteiger partial charge in [0.1, 0.15) is 6.04 Å². The van der Waals surface area contributed by atoms with Gasteiger partial charge in [-0.1, -0.05) is 26.0 Å². The molecule has 0 aromatic heterocycles. The maximum atomic E-state index is 12.6. The van der Waals surface area contributed by atoms with Gasteiger partial charge in [0.15, 0.2) is 0 Å². The number of hydrogen-bond acceptors (Lipinski definition) is 2. The number of carbonyl (C=O) groups is 1. The molecular weight excluding hydrogens is 271 g/mol. The summed E-state index contributed by atoms with van der Waals surface area (Å²) in [6.07, 6.45) is -4.40. The summed E-state index contributed by atoms with van der Waals surface area (Å²) in [6.45, 7) is 5.13.